The van der Waals surface area contributed by atoms with E-state index in [-0.39, 0.29) is 0 Å². The molecule has 16 heavy (non-hydrogen) atoms. The van der Waals surface area contributed by atoms with E-state index in [1.807, 2.05) is 24.5 Å². The zero-order valence-electron chi connectivity index (χ0n) is 9.75. The van der Waals surface area contributed by atoms with Crippen molar-refractivity contribution in [3.8, 4) is 5.75 Å². The molecule has 0 amide bonds. The van der Waals surface area contributed by atoms with Gasteiger partial charge in [0.1, 0.15) is 5.75 Å². The molecular weight excluding hydrogens is 218 g/mol. The summed E-state index contributed by atoms with van der Waals surface area (Å²) in [7, 11) is 3.71. The van der Waals surface area contributed by atoms with Crippen LogP contribution in [0.5, 0.6) is 5.75 Å². The third-order valence-electron chi connectivity index (χ3n) is 2.62. The van der Waals surface area contributed by atoms with Gasteiger partial charge in [-0.1, -0.05) is 0 Å². The zero-order valence-corrected chi connectivity index (χ0v) is 10.6. The Morgan fingerprint density at radius 2 is 2.19 bits per heavy atom. The topological polar surface area (TPSA) is 21.3 Å². The maximum absolute atomic E-state index is 5.22. The molecule has 1 N–H and O–H groups in total. The summed E-state index contributed by atoms with van der Waals surface area (Å²) in [5, 5.41) is 4.47. The molecule has 0 saturated heterocycles. The number of hydrogen-bond acceptors (Lipinski definition) is 3. The second-order valence-electron chi connectivity index (χ2n) is 3.82. The van der Waals surface area contributed by atoms with E-state index < -0.39 is 0 Å². The molecule has 0 bridgehead atoms. The Morgan fingerprint density at radius 1 is 1.31 bits per heavy atom. The Labute approximate surface area is 100 Å². The molecule has 86 valence electrons. The number of thiophene rings is 1. The van der Waals surface area contributed by atoms with Crippen molar-refractivity contribution in [2.45, 2.75) is 12.8 Å². The van der Waals surface area contributed by atoms with Crippen molar-refractivity contribution in [2.75, 3.05) is 20.7 Å². The number of nitrogens with one attached hydrogen (secondary N) is 1. The van der Waals surface area contributed by atoms with Crippen LogP contribution in [0, 0.1) is 0 Å². The molecule has 0 aliphatic rings. The van der Waals surface area contributed by atoms with Gasteiger partial charge >= 0.3 is 0 Å². The van der Waals surface area contributed by atoms with Gasteiger partial charge in [0, 0.05) is 9.58 Å². The lowest BCUT2D eigenvalue weighted by Gasteiger charge is -1.97. The van der Waals surface area contributed by atoms with Crippen LogP contribution in [-0.2, 0) is 6.42 Å². The molecule has 1 heterocycles. The minimum Gasteiger partial charge on any atom is -0.497 e. The van der Waals surface area contributed by atoms with Crippen molar-refractivity contribution < 1.29 is 4.74 Å². The molecule has 0 fully saturated rings. The van der Waals surface area contributed by atoms with E-state index in [0.29, 0.717) is 0 Å². The Kier molecular flexibility index (Phi) is 3.80. The van der Waals surface area contributed by atoms with Crippen LogP contribution in [0.25, 0.3) is 10.1 Å². The van der Waals surface area contributed by atoms with Crippen LogP contribution in [-0.4, -0.2) is 20.7 Å². The van der Waals surface area contributed by atoms with Gasteiger partial charge in [-0.25, -0.2) is 0 Å². The minimum absolute atomic E-state index is 0.937. The molecule has 3 heteroatoms. The number of hydrogen-bond donors (Lipinski definition) is 1. The Bertz CT molecular complexity index is 464. The Morgan fingerprint density at radius 3 is 2.94 bits per heavy atom. The first-order valence-electron chi connectivity index (χ1n) is 5.54. The Balaban J connectivity index is 2.16. The lowest BCUT2D eigenvalue weighted by Crippen LogP contribution is -2.07. The second kappa shape index (κ2) is 5.32. The van der Waals surface area contributed by atoms with Crippen LogP contribution in [0.1, 0.15) is 11.3 Å². The van der Waals surface area contributed by atoms with Crippen LogP contribution in [0.3, 0.4) is 0 Å². The van der Waals surface area contributed by atoms with Crippen LogP contribution in [0.4, 0.5) is 0 Å². The lowest BCUT2D eigenvalue weighted by molar-refractivity contribution is 0.415. The quantitative estimate of drug-likeness (QED) is 0.804. The number of fused-ring (bicyclic) bond motifs is 1. The van der Waals surface area contributed by atoms with Crippen LogP contribution < -0.4 is 10.1 Å². The number of benzene rings is 1. The van der Waals surface area contributed by atoms with Crippen molar-refractivity contribution in [3.05, 3.63) is 29.1 Å². The molecular formula is C13H17NOS. The van der Waals surface area contributed by atoms with Gasteiger partial charge < -0.3 is 10.1 Å². The van der Waals surface area contributed by atoms with Crippen LogP contribution in [0.2, 0.25) is 0 Å². The number of rotatable bonds is 5. The van der Waals surface area contributed by atoms with E-state index in [4.69, 9.17) is 4.74 Å². The smallest absolute Gasteiger partial charge is 0.119 e. The molecule has 0 spiro atoms. The van der Waals surface area contributed by atoms with Gasteiger partial charge in [-0.3, -0.25) is 0 Å². The van der Waals surface area contributed by atoms with Crippen molar-refractivity contribution in [2.24, 2.45) is 0 Å². The number of ether oxygens (including phenoxy) is 1. The van der Waals surface area contributed by atoms with Gasteiger partial charge in [0.25, 0.3) is 0 Å². The van der Waals surface area contributed by atoms with Gasteiger partial charge in [0.15, 0.2) is 0 Å². The van der Waals surface area contributed by atoms with E-state index in [1.165, 1.54) is 21.4 Å². The van der Waals surface area contributed by atoms with Gasteiger partial charge in [-0.2, -0.15) is 0 Å². The van der Waals surface area contributed by atoms with Gasteiger partial charge in [-0.05, 0) is 56.1 Å². The summed E-state index contributed by atoms with van der Waals surface area (Å²) in [5.41, 5.74) is 0. The summed E-state index contributed by atoms with van der Waals surface area (Å²) in [6.07, 6.45) is 2.35. The molecule has 0 saturated carbocycles. The van der Waals surface area contributed by atoms with Gasteiger partial charge in [0.2, 0.25) is 0 Å². The number of aryl methyl sites for hydroxylation is 1. The predicted molar refractivity (Wildman–Crippen MR) is 70.6 cm³/mol. The average Bonchev–Trinajstić information content (AvgIpc) is 2.70. The van der Waals surface area contributed by atoms with Crippen LogP contribution in [0.15, 0.2) is 24.3 Å². The van der Waals surface area contributed by atoms with Crippen molar-refractivity contribution in [1.82, 2.24) is 5.32 Å². The monoisotopic (exact) mass is 235 g/mol. The molecule has 0 atom stereocenters. The van der Waals surface area contributed by atoms with Crippen molar-refractivity contribution in [3.63, 3.8) is 0 Å². The largest absolute Gasteiger partial charge is 0.497 e. The van der Waals surface area contributed by atoms with Crippen molar-refractivity contribution in [1.29, 1.82) is 0 Å². The average molecular weight is 235 g/mol. The fourth-order valence-corrected chi connectivity index (χ4v) is 2.85. The lowest BCUT2D eigenvalue weighted by atomic mass is 10.2. The normalized spacial score (nSPS) is 10.9. The molecule has 1 aromatic heterocycles. The van der Waals surface area contributed by atoms with Crippen LogP contribution >= 0.6 is 11.3 Å². The minimum atomic E-state index is 0.937. The Hall–Kier alpha value is -1.06. The fourth-order valence-electron chi connectivity index (χ4n) is 1.77. The molecule has 2 aromatic rings. The zero-order chi connectivity index (χ0) is 11.4. The van der Waals surface area contributed by atoms with Crippen molar-refractivity contribution >= 4 is 21.4 Å². The van der Waals surface area contributed by atoms with Gasteiger partial charge in [0.05, 0.1) is 7.11 Å². The van der Waals surface area contributed by atoms with E-state index >= 15 is 0 Å². The number of methoxy groups -OCH3 is 1. The highest BCUT2D eigenvalue weighted by atomic mass is 32.1. The van der Waals surface area contributed by atoms with Gasteiger partial charge in [-0.15, -0.1) is 11.3 Å². The maximum Gasteiger partial charge on any atom is 0.119 e. The summed E-state index contributed by atoms with van der Waals surface area (Å²) >= 11 is 1.88. The summed E-state index contributed by atoms with van der Waals surface area (Å²) in [5.74, 6) is 0.937. The van der Waals surface area contributed by atoms with E-state index in [2.05, 4.69) is 23.5 Å². The highest BCUT2D eigenvalue weighted by Crippen LogP contribution is 2.29. The molecule has 1 aromatic carbocycles. The predicted octanol–water partition coefficient (Wildman–Crippen LogP) is 3.06. The molecule has 0 unspecified atom stereocenters. The first-order valence-corrected chi connectivity index (χ1v) is 6.36. The first-order chi connectivity index (χ1) is 7.83. The standard InChI is InChI=1S/C13H17NOS/c1-14-7-3-4-12-9-10-8-11(15-2)5-6-13(10)16-12/h5-6,8-9,14H,3-4,7H2,1-2H3. The molecule has 0 aliphatic carbocycles. The summed E-state index contributed by atoms with van der Waals surface area (Å²) in [4.78, 5) is 1.46. The molecule has 2 nitrogen and oxygen atoms in total. The summed E-state index contributed by atoms with van der Waals surface area (Å²) < 4.78 is 6.57. The molecule has 0 aliphatic heterocycles. The summed E-state index contributed by atoms with van der Waals surface area (Å²) in [6.45, 7) is 1.08. The van der Waals surface area contributed by atoms with E-state index in [0.717, 1.165) is 18.7 Å². The highest BCUT2D eigenvalue weighted by Gasteiger charge is 2.02. The molecule has 0 radical (unpaired) electrons. The van der Waals surface area contributed by atoms with E-state index in [1.54, 1.807) is 7.11 Å². The maximum atomic E-state index is 5.22. The SMILES string of the molecule is CNCCCc1cc2cc(OC)ccc2s1. The summed E-state index contributed by atoms with van der Waals surface area (Å²) in [6, 6.07) is 8.54. The third-order valence-corrected chi connectivity index (χ3v) is 3.80. The third kappa shape index (κ3) is 2.54. The molecule has 2 rings (SSSR count). The highest BCUT2D eigenvalue weighted by molar-refractivity contribution is 7.19. The first kappa shape index (κ1) is 11.4. The fraction of sp³-hybridized carbons (Fsp3) is 0.385. The second-order valence-corrected chi connectivity index (χ2v) is 4.99. The van der Waals surface area contributed by atoms with E-state index in [9.17, 15) is 0 Å².